The van der Waals surface area contributed by atoms with Gasteiger partial charge in [0.25, 0.3) is 0 Å². The van der Waals surface area contributed by atoms with Crippen molar-refractivity contribution in [2.24, 2.45) is 10.2 Å². The van der Waals surface area contributed by atoms with E-state index in [0.29, 0.717) is 11.8 Å². The number of hydrogen-bond donors (Lipinski definition) is 0. The molecule has 0 spiro atoms. The third-order valence-electron chi connectivity index (χ3n) is 0.922. The van der Waals surface area contributed by atoms with E-state index in [1.807, 2.05) is 0 Å². The van der Waals surface area contributed by atoms with Crippen LogP contribution in [0.25, 0.3) is 0 Å². The van der Waals surface area contributed by atoms with Crippen molar-refractivity contribution in [1.29, 1.82) is 0 Å². The van der Waals surface area contributed by atoms with Gasteiger partial charge in [0.15, 0.2) is 0 Å². The Labute approximate surface area is 60.6 Å². The molecule has 0 aliphatic rings. The van der Waals surface area contributed by atoms with Crippen molar-refractivity contribution in [1.82, 2.24) is 0 Å². The van der Waals surface area contributed by atoms with Crippen molar-refractivity contribution >= 4 is 11.8 Å². The van der Waals surface area contributed by atoms with Gasteiger partial charge >= 0.3 is 0 Å². The van der Waals surface area contributed by atoms with E-state index in [2.05, 4.69) is 10.2 Å². The summed E-state index contributed by atoms with van der Waals surface area (Å²) >= 11 is 0. The van der Waals surface area contributed by atoms with Crippen molar-refractivity contribution in [2.75, 3.05) is 14.2 Å². The van der Waals surface area contributed by atoms with E-state index >= 15 is 0 Å². The molecule has 0 aromatic heterocycles. The second-order valence-corrected chi connectivity index (χ2v) is 1.65. The predicted molar refractivity (Wildman–Crippen MR) is 40.2 cm³/mol. The van der Waals surface area contributed by atoms with Crippen LogP contribution < -0.4 is 0 Å². The Morgan fingerprint density at radius 2 is 1.20 bits per heavy atom. The number of hydrogen-bond acceptors (Lipinski definition) is 4. The molecule has 58 valence electrons. The summed E-state index contributed by atoms with van der Waals surface area (Å²) in [7, 11) is 3.08. The molecule has 0 atom stereocenters. The van der Waals surface area contributed by atoms with Gasteiger partial charge in [0, 0.05) is 13.8 Å². The van der Waals surface area contributed by atoms with Crippen LogP contribution in [0.15, 0.2) is 10.2 Å². The Morgan fingerprint density at radius 1 is 0.900 bits per heavy atom. The lowest BCUT2D eigenvalue weighted by Crippen LogP contribution is -1.95. The van der Waals surface area contributed by atoms with Crippen LogP contribution in [0.1, 0.15) is 13.8 Å². The molecule has 0 aliphatic heterocycles. The molecule has 0 unspecified atom stereocenters. The molecule has 4 nitrogen and oxygen atoms in total. The van der Waals surface area contributed by atoms with Gasteiger partial charge in [-0.2, -0.15) is 0 Å². The van der Waals surface area contributed by atoms with Gasteiger partial charge in [0.2, 0.25) is 11.8 Å². The highest BCUT2D eigenvalue weighted by atomic mass is 16.5. The molecule has 0 saturated carbocycles. The highest BCUT2D eigenvalue weighted by molar-refractivity contribution is 5.76. The zero-order valence-electron chi connectivity index (χ0n) is 6.71. The Kier molecular flexibility index (Phi) is 4.28. The molecule has 0 amide bonds. The first-order chi connectivity index (χ1) is 4.70. The summed E-state index contributed by atoms with van der Waals surface area (Å²) in [5.41, 5.74) is 0. The van der Waals surface area contributed by atoms with Gasteiger partial charge in [-0.1, -0.05) is 0 Å². The standard InChI is InChI=1S/C6H12N2O2/c1-5(9-3)7-8-6(2)10-4/h1-4H3/b7-5-,8-6+. The largest absolute Gasteiger partial charge is 0.483 e. The minimum atomic E-state index is 0.511. The molecule has 0 saturated heterocycles. The number of methoxy groups -OCH3 is 2. The molecule has 0 aromatic rings. The van der Waals surface area contributed by atoms with Gasteiger partial charge in [0.1, 0.15) is 0 Å². The average Bonchev–Trinajstić information content (AvgIpc) is 1.99. The lowest BCUT2D eigenvalue weighted by molar-refractivity contribution is 0.389. The Hall–Kier alpha value is -1.06. The maximum atomic E-state index is 4.73. The Bertz CT molecular complexity index is 134. The summed E-state index contributed by atoms with van der Waals surface area (Å²) in [6, 6.07) is 0. The fourth-order valence-electron chi connectivity index (χ4n) is 0.222. The number of rotatable bonds is 1. The van der Waals surface area contributed by atoms with Gasteiger partial charge in [-0.3, -0.25) is 0 Å². The molecular formula is C6H12N2O2. The van der Waals surface area contributed by atoms with Crippen LogP contribution in [-0.2, 0) is 9.47 Å². The van der Waals surface area contributed by atoms with E-state index in [9.17, 15) is 0 Å². The molecule has 4 heteroatoms. The van der Waals surface area contributed by atoms with Crippen LogP contribution in [0.5, 0.6) is 0 Å². The summed E-state index contributed by atoms with van der Waals surface area (Å²) in [5, 5.41) is 7.34. The second kappa shape index (κ2) is 4.78. The summed E-state index contributed by atoms with van der Waals surface area (Å²) in [4.78, 5) is 0. The van der Waals surface area contributed by atoms with Gasteiger partial charge in [0.05, 0.1) is 14.2 Å². The summed E-state index contributed by atoms with van der Waals surface area (Å²) in [6.07, 6.45) is 0. The van der Waals surface area contributed by atoms with E-state index in [1.54, 1.807) is 13.8 Å². The van der Waals surface area contributed by atoms with Crippen LogP contribution in [0.4, 0.5) is 0 Å². The maximum Gasteiger partial charge on any atom is 0.205 e. The SMILES string of the molecule is CO/C(C)=N\N=C(/C)OC. The molecule has 10 heavy (non-hydrogen) atoms. The van der Waals surface area contributed by atoms with Gasteiger partial charge in [-0.05, 0) is 0 Å². The number of nitrogens with zero attached hydrogens (tertiary/aromatic N) is 2. The molecule has 0 radical (unpaired) electrons. The van der Waals surface area contributed by atoms with Crippen LogP contribution >= 0.6 is 0 Å². The zero-order valence-corrected chi connectivity index (χ0v) is 6.71. The third kappa shape index (κ3) is 3.88. The molecule has 0 bridgehead atoms. The first kappa shape index (κ1) is 8.94. The van der Waals surface area contributed by atoms with Crippen LogP contribution in [-0.4, -0.2) is 26.0 Å². The van der Waals surface area contributed by atoms with E-state index < -0.39 is 0 Å². The average molecular weight is 144 g/mol. The van der Waals surface area contributed by atoms with E-state index in [1.165, 1.54) is 14.2 Å². The van der Waals surface area contributed by atoms with E-state index in [4.69, 9.17) is 9.47 Å². The summed E-state index contributed by atoms with van der Waals surface area (Å²) in [5.74, 6) is 1.02. The summed E-state index contributed by atoms with van der Waals surface area (Å²) in [6.45, 7) is 3.43. The monoisotopic (exact) mass is 144 g/mol. The number of ether oxygens (including phenoxy) is 2. The van der Waals surface area contributed by atoms with Gasteiger partial charge in [-0.15, -0.1) is 10.2 Å². The highest BCUT2D eigenvalue weighted by Crippen LogP contribution is 1.83. The molecule has 0 heterocycles. The fourth-order valence-corrected chi connectivity index (χ4v) is 0.222. The molecule has 0 fully saturated rings. The highest BCUT2D eigenvalue weighted by Gasteiger charge is 1.85. The molecular weight excluding hydrogens is 132 g/mol. The molecule has 0 rings (SSSR count). The Balaban J connectivity index is 3.91. The van der Waals surface area contributed by atoms with Crippen LogP contribution in [0.2, 0.25) is 0 Å². The maximum absolute atomic E-state index is 4.73. The lowest BCUT2D eigenvalue weighted by Gasteiger charge is -1.94. The summed E-state index contributed by atoms with van der Waals surface area (Å²) < 4.78 is 9.46. The minimum Gasteiger partial charge on any atom is -0.483 e. The van der Waals surface area contributed by atoms with Crippen molar-refractivity contribution in [3.8, 4) is 0 Å². The van der Waals surface area contributed by atoms with Crippen molar-refractivity contribution < 1.29 is 9.47 Å². The Morgan fingerprint density at radius 3 is 1.40 bits per heavy atom. The quantitative estimate of drug-likeness (QED) is 0.313. The first-order valence-corrected chi connectivity index (χ1v) is 2.87. The minimum absolute atomic E-state index is 0.511. The van der Waals surface area contributed by atoms with Crippen molar-refractivity contribution in [3.63, 3.8) is 0 Å². The topological polar surface area (TPSA) is 43.2 Å². The van der Waals surface area contributed by atoms with Crippen LogP contribution in [0, 0.1) is 0 Å². The third-order valence-corrected chi connectivity index (χ3v) is 0.922. The van der Waals surface area contributed by atoms with E-state index in [-0.39, 0.29) is 0 Å². The van der Waals surface area contributed by atoms with Crippen molar-refractivity contribution in [3.05, 3.63) is 0 Å². The predicted octanol–water partition coefficient (Wildman–Crippen LogP) is 1.03. The zero-order chi connectivity index (χ0) is 7.98. The second-order valence-electron chi connectivity index (χ2n) is 1.65. The van der Waals surface area contributed by atoms with Crippen LogP contribution in [0.3, 0.4) is 0 Å². The normalized spacial score (nSPS) is 13.2. The van der Waals surface area contributed by atoms with E-state index in [0.717, 1.165) is 0 Å². The van der Waals surface area contributed by atoms with Crippen molar-refractivity contribution in [2.45, 2.75) is 13.8 Å². The molecule has 0 aliphatic carbocycles. The molecule has 0 aromatic carbocycles. The fraction of sp³-hybridized carbons (Fsp3) is 0.667. The van der Waals surface area contributed by atoms with Gasteiger partial charge < -0.3 is 9.47 Å². The lowest BCUT2D eigenvalue weighted by atomic mass is 10.8. The van der Waals surface area contributed by atoms with Gasteiger partial charge in [-0.25, -0.2) is 0 Å². The molecule has 0 N–H and O–H groups in total. The first-order valence-electron chi connectivity index (χ1n) is 2.87. The smallest absolute Gasteiger partial charge is 0.205 e.